The Hall–Kier alpha value is -2.07. The monoisotopic (exact) mass is 287 g/mol. The van der Waals surface area contributed by atoms with Crippen LogP contribution in [-0.4, -0.2) is 19.8 Å². The van der Waals surface area contributed by atoms with E-state index in [9.17, 15) is 4.39 Å². The molecule has 0 spiro atoms. The summed E-state index contributed by atoms with van der Waals surface area (Å²) in [5, 5.41) is 2.99. The Morgan fingerprint density at radius 3 is 2.90 bits per heavy atom. The molecule has 21 heavy (non-hydrogen) atoms. The Morgan fingerprint density at radius 2 is 2.14 bits per heavy atom. The van der Waals surface area contributed by atoms with Crippen molar-refractivity contribution in [1.82, 2.24) is 5.32 Å². The second kappa shape index (κ2) is 6.14. The summed E-state index contributed by atoms with van der Waals surface area (Å²) in [6.07, 6.45) is 0.745. The Balaban J connectivity index is 1.59. The number of ether oxygens (including phenoxy) is 2. The molecule has 0 saturated carbocycles. The van der Waals surface area contributed by atoms with Crippen molar-refractivity contribution >= 4 is 0 Å². The lowest BCUT2D eigenvalue weighted by atomic mass is 10.1. The normalized spacial score (nSPS) is 16.4. The molecule has 0 bridgehead atoms. The van der Waals surface area contributed by atoms with E-state index in [1.54, 1.807) is 6.07 Å². The number of halogens is 1. The van der Waals surface area contributed by atoms with Crippen LogP contribution in [0.3, 0.4) is 0 Å². The number of hydrogen-bond acceptors (Lipinski definition) is 3. The van der Waals surface area contributed by atoms with Crippen LogP contribution in [0.5, 0.6) is 11.5 Å². The molecule has 0 aromatic heterocycles. The molecule has 1 atom stereocenters. The minimum Gasteiger partial charge on any atom is -0.487 e. The van der Waals surface area contributed by atoms with Crippen molar-refractivity contribution < 1.29 is 13.9 Å². The van der Waals surface area contributed by atoms with Crippen molar-refractivity contribution in [1.29, 1.82) is 0 Å². The summed E-state index contributed by atoms with van der Waals surface area (Å²) in [5.41, 5.74) is 2.07. The Morgan fingerprint density at radius 1 is 1.29 bits per heavy atom. The van der Waals surface area contributed by atoms with Gasteiger partial charge in [-0.15, -0.1) is 0 Å². The number of hydrogen-bond donors (Lipinski definition) is 1. The number of para-hydroxylation sites is 1. The van der Waals surface area contributed by atoms with Gasteiger partial charge >= 0.3 is 0 Å². The molecule has 1 heterocycles. The molecule has 2 aromatic rings. The van der Waals surface area contributed by atoms with E-state index < -0.39 is 0 Å². The number of fused-ring (bicyclic) bond motifs is 1. The van der Waals surface area contributed by atoms with Gasteiger partial charge in [-0.2, -0.15) is 0 Å². The van der Waals surface area contributed by atoms with E-state index in [4.69, 9.17) is 9.47 Å². The summed E-state index contributed by atoms with van der Waals surface area (Å²) in [7, 11) is 1.83. The summed E-state index contributed by atoms with van der Waals surface area (Å²) < 4.78 is 25.3. The topological polar surface area (TPSA) is 30.5 Å². The summed E-state index contributed by atoms with van der Waals surface area (Å²) in [5.74, 6) is 0.837. The van der Waals surface area contributed by atoms with Crippen LogP contribution >= 0.6 is 0 Å². The van der Waals surface area contributed by atoms with Crippen molar-refractivity contribution in [2.24, 2.45) is 0 Å². The van der Waals surface area contributed by atoms with Gasteiger partial charge in [0.2, 0.25) is 0 Å². The van der Waals surface area contributed by atoms with Crippen LogP contribution in [0.2, 0.25) is 0 Å². The predicted octanol–water partition coefficient (Wildman–Crippen LogP) is 2.93. The fraction of sp³-hybridized carbons (Fsp3) is 0.294. The van der Waals surface area contributed by atoms with Crippen LogP contribution in [0.25, 0.3) is 0 Å². The first-order valence-electron chi connectivity index (χ1n) is 7.06. The molecule has 2 aromatic carbocycles. The third-order valence-electron chi connectivity index (χ3n) is 3.52. The molecule has 3 nitrogen and oxygen atoms in total. The molecule has 4 heteroatoms. The van der Waals surface area contributed by atoms with E-state index >= 15 is 0 Å². The molecular formula is C17H18FNO2. The second-order valence-corrected chi connectivity index (χ2v) is 5.16. The van der Waals surface area contributed by atoms with Crippen LogP contribution in [0, 0.1) is 5.82 Å². The zero-order valence-corrected chi connectivity index (χ0v) is 11.9. The van der Waals surface area contributed by atoms with Crippen LogP contribution in [-0.2, 0) is 13.0 Å². The highest BCUT2D eigenvalue weighted by atomic mass is 19.1. The summed E-state index contributed by atoms with van der Waals surface area (Å²) in [4.78, 5) is 0. The Kier molecular flexibility index (Phi) is 4.06. The average molecular weight is 287 g/mol. The van der Waals surface area contributed by atoms with E-state index in [1.165, 1.54) is 11.6 Å². The Labute approximate surface area is 123 Å². The van der Waals surface area contributed by atoms with E-state index in [0.717, 1.165) is 17.7 Å². The fourth-order valence-corrected chi connectivity index (χ4v) is 2.51. The number of rotatable bonds is 5. The maximum atomic E-state index is 13.9. The van der Waals surface area contributed by atoms with E-state index in [-0.39, 0.29) is 17.7 Å². The van der Waals surface area contributed by atoms with Gasteiger partial charge in [0.1, 0.15) is 18.5 Å². The van der Waals surface area contributed by atoms with Gasteiger partial charge in [0.05, 0.1) is 0 Å². The SMILES string of the molecule is CNCc1ccc(OCC2Cc3ccccc3O2)c(F)c1. The summed E-state index contributed by atoms with van der Waals surface area (Å²) in [6.45, 7) is 0.981. The molecule has 1 aliphatic heterocycles. The maximum Gasteiger partial charge on any atom is 0.165 e. The molecular weight excluding hydrogens is 269 g/mol. The molecule has 0 aliphatic carbocycles. The van der Waals surface area contributed by atoms with E-state index in [1.807, 2.05) is 37.4 Å². The highest BCUT2D eigenvalue weighted by Crippen LogP contribution is 2.28. The molecule has 0 fully saturated rings. The molecule has 1 aliphatic rings. The van der Waals surface area contributed by atoms with Crippen LogP contribution in [0.1, 0.15) is 11.1 Å². The van der Waals surface area contributed by atoms with Crippen molar-refractivity contribution in [2.75, 3.05) is 13.7 Å². The van der Waals surface area contributed by atoms with Crippen LogP contribution in [0.15, 0.2) is 42.5 Å². The van der Waals surface area contributed by atoms with Crippen LogP contribution in [0.4, 0.5) is 4.39 Å². The van der Waals surface area contributed by atoms with Gasteiger partial charge in [0.15, 0.2) is 11.6 Å². The van der Waals surface area contributed by atoms with Gasteiger partial charge in [-0.3, -0.25) is 0 Å². The average Bonchev–Trinajstić information content (AvgIpc) is 2.89. The van der Waals surface area contributed by atoms with E-state index in [2.05, 4.69) is 5.32 Å². The Bertz CT molecular complexity index is 605. The molecule has 3 rings (SSSR count). The predicted molar refractivity (Wildman–Crippen MR) is 79.2 cm³/mol. The van der Waals surface area contributed by atoms with Crippen molar-refractivity contribution in [2.45, 2.75) is 19.1 Å². The summed E-state index contributed by atoms with van der Waals surface area (Å²) >= 11 is 0. The maximum absolute atomic E-state index is 13.9. The minimum absolute atomic E-state index is 0.0567. The molecule has 1 N–H and O–H groups in total. The second-order valence-electron chi connectivity index (χ2n) is 5.16. The van der Waals surface area contributed by atoms with Crippen molar-refractivity contribution in [3.05, 3.63) is 59.4 Å². The van der Waals surface area contributed by atoms with Gasteiger partial charge in [0, 0.05) is 13.0 Å². The van der Waals surface area contributed by atoms with Crippen molar-refractivity contribution in [3.8, 4) is 11.5 Å². The summed E-state index contributed by atoms with van der Waals surface area (Å²) in [6, 6.07) is 13.0. The quantitative estimate of drug-likeness (QED) is 0.917. The first kappa shape index (κ1) is 13.9. The largest absolute Gasteiger partial charge is 0.487 e. The molecule has 0 radical (unpaired) electrons. The smallest absolute Gasteiger partial charge is 0.165 e. The van der Waals surface area contributed by atoms with Crippen molar-refractivity contribution in [3.63, 3.8) is 0 Å². The standard InChI is InChI=1S/C17H18FNO2/c1-19-10-12-6-7-17(15(18)8-12)20-11-14-9-13-4-2-3-5-16(13)21-14/h2-8,14,19H,9-11H2,1H3. The molecule has 0 amide bonds. The number of benzene rings is 2. The highest BCUT2D eigenvalue weighted by molar-refractivity contribution is 5.37. The first-order chi connectivity index (χ1) is 10.3. The van der Waals surface area contributed by atoms with Gasteiger partial charge in [-0.05, 0) is 36.4 Å². The molecule has 1 unspecified atom stereocenters. The van der Waals surface area contributed by atoms with Gasteiger partial charge in [-0.1, -0.05) is 24.3 Å². The zero-order chi connectivity index (χ0) is 14.7. The molecule has 110 valence electrons. The third kappa shape index (κ3) is 3.16. The van der Waals surface area contributed by atoms with Gasteiger partial charge in [0.25, 0.3) is 0 Å². The fourth-order valence-electron chi connectivity index (χ4n) is 2.51. The first-order valence-corrected chi connectivity index (χ1v) is 7.06. The lowest BCUT2D eigenvalue weighted by Crippen LogP contribution is -2.22. The molecule has 0 saturated heterocycles. The van der Waals surface area contributed by atoms with Gasteiger partial charge < -0.3 is 14.8 Å². The number of nitrogens with one attached hydrogen (secondary N) is 1. The van der Waals surface area contributed by atoms with E-state index in [0.29, 0.717) is 13.2 Å². The zero-order valence-electron chi connectivity index (χ0n) is 11.9. The van der Waals surface area contributed by atoms with Crippen LogP contribution < -0.4 is 14.8 Å². The lowest BCUT2D eigenvalue weighted by molar-refractivity contribution is 0.145. The highest BCUT2D eigenvalue weighted by Gasteiger charge is 2.23. The minimum atomic E-state index is -0.335. The lowest BCUT2D eigenvalue weighted by Gasteiger charge is -2.13. The van der Waals surface area contributed by atoms with Gasteiger partial charge in [-0.25, -0.2) is 4.39 Å². The third-order valence-corrected chi connectivity index (χ3v) is 3.52.